The molecule has 0 aromatic carbocycles. The van der Waals surface area contributed by atoms with E-state index in [-0.39, 0.29) is 36.0 Å². The van der Waals surface area contributed by atoms with Gasteiger partial charge in [0.1, 0.15) is 0 Å². The SMILES string of the molecule is CCCCCCCCCCCCCC(CCC(C)O)S(=O)(=O)[O-].[Na+]. The van der Waals surface area contributed by atoms with Crippen LogP contribution in [0.5, 0.6) is 0 Å². The summed E-state index contributed by atoms with van der Waals surface area (Å²) in [5.74, 6) is 0. The second-order valence-corrected chi connectivity index (χ2v) is 8.52. The van der Waals surface area contributed by atoms with Crippen molar-refractivity contribution in [3.8, 4) is 0 Å². The zero-order valence-corrected chi connectivity index (χ0v) is 19.0. The van der Waals surface area contributed by atoms with Gasteiger partial charge < -0.3 is 9.66 Å². The number of hydrogen-bond donors (Lipinski definition) is 1. The third-order valence-corrected chi connectivity index (χ3v) is 5.73. The summed E-state index contributed by atoms with van der Waals surface area (Å²) in [7, 11) is -4.23. The van der Waals surface area contributed by atoms with Crippen molar-refractivity contribution < 1.29 is 47.6 Å². The maximum Gasteiger partial charge on any atom is 1.00 e. The van der Waals surface area contributed by atoms with Crippen molar-refractivity contribution in [2.75, 3.05) is 0 Å². The van der Waals surface area contributed by atoms with Gasteiger partial charge >= 0.3 is 29.6 Å². The minimum Gasteiger partial charge on any atom is -0.748 e. The van der Waals surface area contributed by atoms with Gasteiger partial charge in [-0.05, 0) is 26.2 Å². The van der Waals surface area contributed by atoms with Crippen LogP contribution in [0.3, 0.4) is 0 Å². The topological polar surface area (TPSA) is 77.4 Å². The quantitative estimate of drug-likeness (QED) is 0.254. The molecule has 0 aliphatic carbocycles. The summed E-state index contributed by atoms with van der Waals surface area (Å²) in [5, 5.41) is 8.41. The molecule has 2 unspecified atom stereocenters. The first-order chi connectivity index (χ1) is 10.9. The van der Waals surface area contributed by atoms with Crippen LogP contribution in [0.4, 0.5) is 0 Å². The third kappa shape index (κ3) is 17.7. The van der Waals surface area contributed by atoms with Crippen molar-refractivity contribution in [2.45, 2.75) is 115 Å². The zero-order valence-electron chi connectivity index (χ0n) is 16.1. The van der Waals surface area contributed by atoms with Crippen LogP contribution in [-0.2, 0) is 10.1 Å². The first-order valence-corrected chi connectivity index (χ1v) is 11.0. The molecular weight excluding hydrogens is 335 g/mol. The summed E-state index contributed by atoms with van der Waals surface area (Å²) in [6, 6.07) is 0. The fourth-order valence-corrected chi connectivity index (χ4v) is 3.78. The summed E-state index contributed by atoms with van der Waals surface area (Å²) >= 11 is 0. The average Bonchev–Trinajstić information content (AvgIpc) is 2.46. The van der Waals surface area contributed by atoms with Crippen LogP contribution in [0.15, 0.2) is 0 Å². The molecule has 6 heteroatoms. The van der Waals surface area contributed by atoms with Crippen molar-refractivity contribution in [3.63, 3.8) is 0 Å². The molecule has 0 saturated heterocycles. The van der Waals surface area contributed by atoms with Crippen molar-refractivity contribution in [2.24, 2.45) is 0 Å². The van der Waals surface area contributed by atoms with Crippen LogP contribution >= 0.6 is 0 Å². The molecule has 0 amide bonds. The first kappa shape index (κ1) is 27.1. The van der Waals surface area contributed by atoms with Crippen molar-refractivity contribution in [3.05, 3.63) is 0 Å². The van der Waals surface area contributed by atoms with Crippen LogP contribution in [0, 0.1) is 0 Å². The van der Waals surface area contributed by atoms with Gasteiger partial charge in [0.2, 0.25) is 0 Å². The van der Waals surface area contributed by atoms with E-state index in [1.54, 1.807) is 6.92 Å². The molecule has 4 nitrogen and oxygen atoms in total. The fourth-order valence-electron chi connectivity index (χ4n) is 2.90. The van der Waals surface area contributed by atoms with E-state index in [9.17, 15) is 18.1 Å². The molecule has 0 aromatic heterocycles. The van der Waals surface area contributed by atoms with Gasteiger partial charge in [0.05, 0.1) is 16.2 Å². The van der Waals surface area contributed by atoms with Gasteiger partial charge in [0.25, 0.3) is 0 Å². The smallest absolute Gasteiger partial charge is 0.748 e. The predicted molar refractivity (Wildman–Crippen MR) is 95.5 cm³/mol. The molecule has 0 fully saturated rings. The molecule has 0 radical (unpaired) electrons. The van der Waals surface area contributed by atoms with Gasteiger partial charge in [-0.25, -0.2) is 8.42 Å². The van der Waals surface area contributed by atoms with E-state index in [0.29, 0.717) is 12.8 Å². The molecule has 0 bridgehead atoms. The van der Waals surface area contributed by atoms with Crippen LogP contribution < -0.4 is 29.6 Å². The summed E-state index contributed by atoms with van der Waals surface area (Å²) in [6.07, 6.45) is 13.9. The molecule has 0 saturated carbocycles. The molecule has 0 spiro atoms. The van der Waals surface area contributed by atoms with Gasteiger partial charge in [-0.1, -0.05) is 77.6 Å². The Bertz CT molecular complexity index is 358. The Kier molecular flexibility index (Phi) is 19.5. The Hall–Kier alpha value is 0.870. The third-order valence-electron chi connectivity index (χ3n) is 4.44. The Labute approximate surface area is 172 Å². The van der Waals surface area contributed by atoms with E-state index < -0.39 is 21.5 Å². The van der Waals surface area contributed by atoms with Gasteiger partial charge in [0, 0.05) is 5.25 Å². The van der Waals surface area contributed by atoms with Gasteiger partial charge in [-0.3, -0.25) is 0 Å². The van der Waals surface area contributed by atoms with E-state index in [1.807, 2.05) is 0 Å². The monoisotopic (exact) mass is 372 g/mol. The zero-order chi connectivity index (χ0) is 17.6. The Morgan fingerprint density at radius 3 is 1.58 bits per heavy atom. The maximum absolute atomic E-state index is 11.2. The van der Waals surface area contributed by atoms with E-state index >= 15 is 0 Å². The van der Waals surface area contributed by atoms with E-state index in [4.69, 9.17) is 0 Å². The largest absolute Gasteiger partial charge is 1.00 e. The molecule has 24 heavy (non-hydrogen) atoms. The Morgan fingerprint density at radius 2 is 1.21 bits per heavy atom. The summed E-state index contributed by atoms with van der Waals surface area (Å²) in [6.45, 7) is 3.85. The molecule has 0 aliphatic rings. The average molecular weight is 373 g/mol. The fraction of sp³-hybridized carbons (Fsp3) is 1.00. The Morgan fingerprint density at radius 1 is 0.792 bits per heavy atom. The standard InChI is InChI=1S/C18H38O4S.Na/c1-3-4-5-6-7-8-9-10-11-12-13-14-18(23(20,21)22)16-15-17(2)19;/h17-19H,3-16H2,1-2H3,(H,20,21,22);/q;+1/p-1. The molecule has 0 aromatic rings. The molecule has 0 aliphatic heterocycles. The molecule has 2 atom stereocenters. The van der Waals surface area contributed by atoms with E-state index in [2.05, 4.69) is 6.92 Å². The van der Waals surface area contributed by atoms with Gasteiger partial charge in [-0.15, -0.1) is 0 Å². The van der Waals surface area contributed by atoms with E-state index in [0.717, 1.165) is 19.3 Å². The number of unbranched alkanes of at least 4 members (excludes halogenated alkanes) is 10. The van der Waals surface area contributed by atoms with Gasteiger partial charge in [-0.2, -0.15) is 0 Å². The molecule has 140 valence electrons. The summed E-state index contributed by atoms with van der Waals surface area (Å²) < 4.78 is 33.7. The van der Waals surface area contributed by atoms with Crippen LogP contribution in [0.1, 0.15) is 104 Å². The number of aliphatic hydroxyl groups excluding tert-OH is 1. The van der Waals surface area contributed by atoms with Gasteiger partial charge in [0.15, 0.2) is 0 Å². The van der Waals surface area contributed by atoms with Crippen LogP contribution in [0.2, 0.25) is 0 Å². The molecule has 0 heterocycles. The molecular formula is C18H37NaO4S. The first-order valence-electron chi connectivity index (χ1n) is 9.50. The predicted octanol–water partition coefficient (Wildman–Crippen LogP) is 1.77. The number of aliphatic hydroxyl groups is 1. The summed E-state index contributed by atoms with van der Waals surface area (Å²) in [4.78, 5) is 0. The summed E-state index contributed by atoms with van der Waals surface area (Å²) in [5.41, 5.74) is 0. The van der Waals surface area contributed by atoms with Crippen LogP contribution in [0.25, 0.3) is 0 Å². The van der Waals surface area contributed by atoms with E-state index in [1.165, 1.54) is 51.4 Å². The van der Waals surface area contributed by atoms with Crippen molar-refractivity contribution in [1.82, 2.24) is 0 Å². The van der Waals surface area contributed by atoms with Crippen LogP contribution in [-0.4, -0.2) is 29.4 Å². The second-order valence-electron chi connectivity index (χ2n) is 6.87. The number of rotatable bonds is 16. The number of hydrogen-bond acceptors (Lipinski definition) is 4. The minimum atomic E-state index is -4.23. The minimum absolute atomic E-state index is 0. The molecule has 0 rings (SSSR count). The molecule has 1 N–H and O–H groups in total. The second kappa shape index (κ2) is 17.3. The Balaban J connectivity index is 0. The maximum atomic E-state index is 11.2. The van der Waals surface area contributed by atoms with Crippen molar-refractivity contribution >= 4 is 10.1 Å². The normalized spacial score (nSPS) is 14.2. The van der Waals surface area contributed by atoms with Crippen molar-refractivity contribution in [1.29, 1.82) is 0 Å².